The summed E-state index contributed by atoms with van der Waals surface area (Å²) in [5.74, 6) is -0.124. The lowest BCUT2D eigenvalue weighted by Crippen LogP contribution is -2.45. The van der Waals surface area contributed by atoms with E-state index in [0.717, 1.165) is 70.6 Å². The second-order valence-electron chi connectivity index (χ2n) is 18.9. The van der Waals surface area contributed by atoms with Gasteiger partial charge in [0, 0.05) is 12.8 Å². The van der Waals surface area contributed by atoms with E-state index in [2.05, 4.69) is 31.3 Å². The van der Waals surface area contributed by atoms with Crippen molar-refractivity contribution in [1.82, 2.24) is 5.32 Å². The molecule has 0 heterocycles. The monoisotopic (exact) mass is 862 g/mol. The number of rotatable bonds is 51. The van der Waals surface area contributed by atoms with Crippen molar-refractivity contribution in [2.75, 3.05) is 13.2 Å². The zero-order valence-corrected chi connectivity index (χ0v) is 41.2. The van der Waals surface area contributed by atoms with Gasteiger partial charge in [0.05, 0.1) is 25.4 Å². The summed E-state index contributed by atoms with van der Waals surface area (Å²) in [5, 5.41) is 23.2. The fourth-order valence-corrected chi connectivity index (χ4v) is 8.59. The Labute approximate surface area is 380 Å². The smallest absolute Gasteiger partial charge is 0.305 e. The van der Waals surface area contributed by atoms with Crippen molar-refractivity contribution in [3.63, 3.8) is 0 Å². The number of esters is 1. The van der Waals surface area contributed by atoms with Crippen LogP contribution in [0.2, 0.25) is 0 Å². The van der Waals surface area contributed by atoms with Crippen LogP contribution in [0, 0.1) is 0 Å². The van der Waals surface area contributed by atoms with Crippen LogP contribution in [0.15, 0.2) is 12.2 Å². The van der Waals surface area contributed by atoms with Crippen molar-refractivity contribution in [3.05, 3.63) is 12.2 Å². The third kappa shape index (κ3) is 47.9. The summed E-state index contributed by atoms with van der Waals surface area (Å²) < 4.78 is 5.45. The SMILES string of the molecule is CCCCCCCCCCCCCCCCCCCCCCC(O)C(CO)NC(=O)CCC/C=C\CCCCCCOC(=O)CCCCCCCCCCCCCCCCC. The van der Waals surface area contributed by atoms with Crippen molar-refractivity contribution < 1.29 is 24.5 Å². The zero-order valence-electron chi connectivity index (χ0n) is 41.2. The second kappa shape index (κ2) is 51.2. The predicted molar refractivity (Wildman–Crippen MR) is 264 cm³/mol. The Balaban J connectivity index is 3.51. The molecule has 1 amide bonds. The molecule has 0 aromatic carbocycles. The minimum absolute atomic E-state index is 0.0319. The average molecular weight is 862 g/mol. The van der Waals surface area contributed by atoms with Gasteiger partial charge in [-0.15, -0.1) is 0 Å². The Kier molecular flexibility index (Phi) is 50.1. The van der Waals surface area contributed by atoms with Crippen molar-refractivity contribution in [2.45, 2.75) is 315 Å². The van der Waals surface area contributed by atoms with Crippen LogP contribution < -0.4 is 5.32 Å². The highest BCUT2D eigenvalue weighted by Crippen LogP contribution is 2.17. The lowest BCUT2D eigenvalue weighted by molar-refractivity contribution is -0.143. The number of amides is 1. The number of unbranched alkanes of at least 4 members (excludes halogenated alkanes) is 38. The maximum Gasteiger partial charge on any atom is 0.305 e. The van der Waals surface area contributed by atoms with Gasteiger partial charge in [-0.1, -0.05) is 257 Å². The first kappa shape index (κ1) is 59.6. The number of carbonyl (C=O) groups is 2. The predicted octanol–water partition coefficient (Wildman–Crippen LogP) is 16.5. The van der Waals surface area contributed by atoms with Crippen molar-refractivity contribution in [3.8, 4) is 0 Å². The lowest BCUT2D eigenvalue weighted by Gasteiger charge is -2.22. The van der Waals surface area contributed by atoms with Gasteiger partial charge >= 0.3 is 5.97 Å². The maximum atomic E-state index is 12.5. The third-order valence-electron chi connectivity index (χ3n) is 12.8. The molecule has 2 unspecified atom stereocenters. The highest BCUT2D eigenvalue weighted by atomic mass is 16.5. The van der Waals surface area contributed by atoms with E-state index in [1.165, 1.54) is 199 Å². The van der Waals surface area contributed by atoms with E-state index in [0.29, 0.717) is 25.9 Å². The molecule has 0 saturated carbocycles. The van der Waals surface area contributed by atoms with Crippen LogP contribution in [0.4, 0.5) is 0 Å². The fourth-order valence-electron chi connectivity index (χ4n) is 8.59. The van der Waals surface area contributed by atoms with Crippen molar-refractivity contribution >= 4 is 11.9 Å². The molecule has 2 atom stereocenters. The quantitative estimate of drug-likeness (QED) is 0.0322. The minimum atomic E-state index is -0.694. The number of ether oxygens (including phenoxy) is 1. The summed E-state index contributed by atoms with van der Waals surface area (Å²) in [6, 6.07) is -0.578. The summed E-state index contributed by atoms with van der Waals surface area (Å²) in [7, 11) is 0. The van der Waals surface area contributed by atoms with E-state index in [4.69, 9.17) is 4.74 Å². The standard InChI is InChI=1S/C55H107NO5/c1-3-5-7-9-11-13-15-17-19-20-21-22-23-25-26-28-31-35-39-43-47-53(58)52(51-57)56-54(59)48-44-40-36-32-30-34-38-42-46-50-61-55(60)49-45-41-37-33-29-27-24-18-16-14-12-10-8-6-4-2/h32,36,52-53,57-58H,3-31,33-35,37-51H2,1-2H3,(H,56,59)/b36-32-. The van der Waals surface area contributed by atoms with Crippen LogP contribution in [0.3, 0.4) is 0 Å². The van der Waals surface area contributed by atoms with E-state index in [-0.39, 0.29) is 18.5 Å². The van der Waals surface area contributed by atoms with Gasteiger partial charge in [-0.25, -0.2) is 0 Å². The molecule has 362 valence electrons. The topological polar surface area (TPSA) is 95.9 Å². The molecule has 0 saturated heterocycles. The van der Waals surface area contributed by atoms with Gasteiger partial charge in [0.25, 0.3) is 0 Å². The van der Waals surface area contributed by atoms with Gasteiger partial charge in [0.2, 0.25) is 5.91 Å². The zero-order chi connectivity index (χ0) is 44.4. The first-order valence-corrected chi connectivity index (χ1v) is 27.4. The third-order valence-corrected chi connectivity index (χ3v) is 12.8. The molecule has 0 bridgehead atoms. The Hall–Kier alpha value is -1.40. The summed E-state index contributed by atoms with van der Waals surface area (Å²) >= 11 is 0. The molecular formula is C55H107NO5. The van der Waals surface area contributed by atoms with Gasteiger partial charge in [-0.3, -0.25) is 9.59 Å². The molecule has 0 aromatic heterocycles. The van der Waals surface area contributed by atoms with E-state index in [1.54, 1.807) is 0 Å². The molecule has 0 aromatic rings. The van der Waals surface area contributed by atoms with Crippen molar-refractivity contribution in [1.29, 1.82) is 0 Å². The highest BCUT2D eigenvalue weighted by molar-refractivity contribution is 5.76. The van der Waals surface area contributed by atoms with Crippen LogP contribution >= 0.6 is 0 Å². The molecule has 0 spiro atoms. The summed E-state index contributed by atoms with van der Waals surface area (Å²) in [6.45, 7) is 4.88. The molecule has 0 aliphatic carbocycles. The minimum Gasteiger partial charge on any atom is -0.466 e. The average Bonchev–Trinajstić information content (AvgIpc) is 3.26. The van der Waals surface area contributed by atoms with E-state index in [1.807, 2.05) is 0 Å². The molecule has 0 radical (unpaired) electrons. The van der Waals surface area contributed by atoms with Crippen LogP contribution in [-0.4, -0.2) is 47.4 Å². The molecule has 0 fully saturated rings. The molecule has 0 aliphatic heterocycles. The van der Waals surface area contributed by atoms with Gasteiger partial charge < -0.3 is 20.3 Å². The molecular weight excluding hydrogens is 755 g/mol. The molecule has 6 nitrogen and oxygen atoms in total. The van der Waals surface area contributed by atoms with Crippen LogP contribution in [0.1, 0.15) is 303 Å². The Bertz CT molecular complexity index is 909. The highest BCUT2D eigenvalue weighted by Gasteiger charge is 2.20. The number of allylic oxidation sites excluding steroid dienone is 2. The fraction of sp³-hybridized carbons (Fsp3) is 0.927. The van der Waals surface area contributed by atoms with Gasteiger partial charge in [-0.05, 0) is 44.9 Å². The molecule has 6 heteroatoms. The van der Waals surface area contributed by atoms with E-state index >= 15 is 0 Å². The van der Waals surface area contributed by atoms with Crippen LogP contribution in [-0.2, 0) is 14.3 Å². The van der Waals surface area contributed by atoms with Gasteiger partial charge in [0.1, 0.15) is 0 Å². The maximum absolute atomic E-state index is 12.5. The number of aliphatic hydroxyl groups excluding tert-OH is 2. The number of carbonyl (C=O) groups excluding carboxylic acids is 2. The first-order valence-electron chi connectivity index (χ1n) is 27.4. The molecule has 61 heavy (non-hydrogen) atoms. The Morgan fingerprint density at radius 3 is 1.20 bits per heavy atom. The van der Waals surface area contributed by atoms with Gasteiger partial charge in [-0.2, -0.15) is 0 Å². The summed E-state index contributed by atoms with van der Waals surface area (Å²) in [6.07, 6.45) is 59.1. The molecule has 0 rings (SSSR count). The second-order valence-corrected chi connectivity index (χ2v) is 18.9. The first-order chi connectivity index (χ1) is 30.0. The van der Waals surface area contributed by atoms with Gasteiger partial charge in [0.15, 0.2) is 0 Å². The van der Waals surface area contributed by atoms with Crippen molar-refractivity contribution in [2.24, 2.45) is 0 Å². The summed E-state index contributed by atoms with van der Waals surface area (Å²) in [4.78, 5) is 24.5. The Morgan fingerprint density at radius 2 is 0.787 bits per heavy atom. The lowest BCUT2D eigenvalue weighted by atomic mass is 10.0. The van der Waals surface area contributed by atoms with E-state index in [9.17, 15) is 19.8 Å². The van der Waals surface area contributed by atoms with E-state index < -0.39 is 12.1 Å². The number of aliphatic hydroxyl groups is 2. The molecule has 3 N–H and O–H groups in total. The Morgan fingerprint density at radius 1 is 0.443 bits per heavy atom. The normalized spacial score (nSPS) is 12.7. The number of hydrogen-bond donors (Lipinski definition) is 3. The summed E-state index contributed by atoms with van der Waals surface area (Å²) in [5.41, 5.74) is 0. The van der Waals surface area contributed by atoms with Crippen LogP contribution in [0.5, 0.6) is 0 Å². The largest absolute Gasteiger partial charge is 0.466 e. The number of nitrogens with one attached hydrogen (secondary N) is 1. The number of hydrogen-bond acceptors (Lipinski definition) is 5. The van der Waals surface area contributed by atoms with Crippen LogP contribution in [0.25, 0.3) is 0 Å². The molecule has 0 aliphatic rings.